The van der Waals surface area contributed by atoms with E-state index in [2.05, 4.69) is 0 Å². The zero-order valence-electron chi connectivity index (χ0n) is 16.6. The first kappa shape index (κ1) is 20.7. The van der Waals surface area contributed by atoms with Crippen molar-refractivity contribution >= 4 is 18.0 Å². The van der Waals surface area contributed by atoms with Crippen molar-refractivity contribution in [3.63, 3.8) is 0 Å². The van der Waals surface area contributed by atoms with Gasteiger partial charge in [-0.3, -0.25) is 9.69 Å². The lowest BCUT2D eigenvalue weighted by atomic mass is 10.1. The highest BCUT2D eigenvalue weighted by atomic mass is 16.6. The van der Waals surface area contributed by atoms with Crippen LogP contribution in [-0.4, -0.2) is 58.6 Å². The van der Waals surface area contributed by atoms with E-state index < -0.39 is 35.7 Å². The van der Waals surface area contributed by atoms with Crippen LogP contribution in [0.5, 0.6) is 0 Å². The summed E-state index contributed by atoms with van der Waals surface area (Å²) in [6.07, 6.45) is -0.694. The fourth-order valence-corrected chi connectivity index (χ4v) is 3.03. The van der Waals surface area contributed by atoms with Crippen LogP contribution in [0.4, 0.5) is 4.79 Å². The molecule has 2 atom stereocenters. The van der Waals surface area contributed by atoms with Gasteiger partial charge in [0.2, 0.25) is 6.04 Å². The summed E-state index contributed by atoms with van der Waals surface area (Å²) < 4.78 is 10.5. The van der Waals surface area contributed by atoms with E-state index >= 15 is 0 Å². The average Bonchev–Trinajstić information content (AvgIpc) is 2.57. The molecule has 0 spiro atoms. The van der Waals surface area contributed by atoms with Gasteiger partial charge in [-0.15, -0.1) is 0 Å². The quantitative estimate of drug-likeness (QED) is 0.596. The molecule has 7 nitrogen and oxygen atoms in total. The lowest BCUT2D eigenvalue weighted by Crippen LogP contribution is -2.65. The number of esters is 1. The van der Waals surface area contributed by atoms with Gasteiger partial charge in [0.25, 0.3) is 5.91 Å². The minimum Gasteiger partial charge on any atom is -0.464 e. The minimum absolute atomic E-state index is 0.123. The van der Waals surface area contributed by atoms with Gasteiger partial charge in [-0.25, -0.2) is 9.59 Å². The second-order valence-electron chi connectivity index (χ2n) is 7.60. The fraction of sp³-hybridized carbons (Fsp3) is 0.550. The number of ether oxygens (including phenoxy) is 2. The van der Waals surface area contributed by atoms with E-state index in [4.69, 9.17) is 9.47 Å². The van der Waals surface area contributed by atoms with E-state index in [-0.39, 0.29) is 6.61 Å². The number of carbonyl (C=O) groups is 3. The van der Waals surface area contributed by atoms with E-state index in [9.17, 15) is 14.4 Å². The average molecular weight is 376 g/mol. The van der Waals surface area contributed by atoms with Crippen LogP contribution in [0.2, 0.25) is 0 Å². The smallest absolute Gasteiger partial charge is 0.411 e. The van der Waals surface area contributed by atoms with Gasteiger partial charge >= 0.3 is 12.1 Å². The molecule has 0 bridgehead atoms. The van der Waals surface area contributed by atoms with Crippen LogP contribution in [0.15, 0.2) is 30.3 Å². The number of amides is 2. The molecular weight excluding hydrogens is 348 g/mol. The van der Waals surface area contributed by atoms with Crippen LogP contribution in [-0.2, 0) is 25.6 Å². The van der Waals surface area contributed by atoms with E-state index in [1.54, 1.807) is 39.5 Å². The summed E-state index contributed by atoms with van der Waals surface area (Å²) in [7, 11) is 0. The minimum atomic E-state index is -1.34. The molecule has 27 heavy (non-hydrogen) atoms. The van der Waals surface area contributed by atoms with Crippen molar-refractivity contribution in [2.45, 2.75) is 58.8 Å². The molecule has 1 saturated heterocycles. The van der Waals surface area contributed by atoms with Crippen molar-refractivity contribution in [3.8, 4) is 0 Å². The van der Waals surface area contributed by atoms with Crippen LogP contribution in [0.1, 0.15) is 40.2 Å². The lowest BCUT2D eigenvalue weighted by Gasteiger charge is -2.43. The third-order valence-electron chi connectivity index (χ3n) is 4.11. The maximum absolute atomic E-state index is 13.0. The van der Waals surface area contributed by atoms with Crippen molar-refractivity contribution in [1.82, 2.24) is 9.80 Å². The van der Waals surface area contributed by atoms with Crippen LogP contribution >= 0.6 is 0 Å². The largest absolute Gasteiger partial charge is 0.464 e. The molecule has 7 heteroatoms. The lowest BCUT2D eigenvalue weighted by molar-refractivity contribution is -0.163. The van der Waals surface area contributed by atoms with E-state index in [1.807, 2.05) is 30.3 Å². The third kappa shape index (κ3) is 5.21. The van der Waals surface area contributed by atoms with Crippen LogP contribution in [0.3, 0.4) is 0 Å². The summed E-state index contributed by atoms with van der Waals surface area (Å²) in [6, 6.07) is 7.78. The Morgan fingerprint density at radius 2 is 1.81 bits per heavy atom. The Kier molecular flexibility index (Phi) is 6.46. The Labute approximate surface area is 160 Å². The van der Waals surface area contributed by atoms with Crippen molar-refractivity contribution in [2.24, 2.45) is 0 Å². The fourth-order valence-electron chi connectivity index (χ4n) is 3.03. The first-order valence-electron chi connectivity index (χ1n) is 9.14. The Morgan fingerprint density at radius 3 is 2.37 bits per heavy atom. The SMILES string of the molecule is CCOC(=O)[C@@H]1C(=O)N(Cc2ccccc2)C[C@H](C)N1C(=O)OC(C)(C)C. The molecule has 0 radical (unpaired) electrons. The number of carbonyl (C=O) groups excluding carboxylic acids is 3. The topological polar surface area (TPSA) is 76.2 Å². The molecule has 0 N–H and O–H groups in total. The number of piperazine rings is 1. The normalized spacial score (nSPS) is 20.4. The zero-order chi connectivity index (χ0) is 20.2. The van der Waals surface area contributed by atoms with Crippen LogP contribution in [0, 0.1) is 0 Å². The molecule has 2 amide bonds. The van der Waals surface area contributed by atoms with Crippen molar-refractivity contribution in [2.75, 3.05) is 13.2 Å². The van der Waals surface area contributed by atoms with Gasteiger partial charge in [0.1, 0.15) is 5.60 Å². The molecular formula is C20H28N2O5. The summed E-state index contributed by atoms with van der Waals surface area (Å²) in [5, 5.41) is 0. The molecule has 1 aliphatic rings. The number of nitrogens with zero attached hydrogens (tertiary/aromatic N) is 2. The predicted octanol–water partition coefficient (Wildman–Crippen LogP) is 2.59. The molecule has 1 aromatic carbocycles. The molecule has 148 valence electrons. The highest BCUT2D eigenvalue weighted by molar-refractivity contribution is 6.05. The molecule has 1 aliphatic heterocycles. The number of hydrogen-bond acceptors (Lipinski definition) is 5. The van der Waals surface area contributed by atoms with Crippen LogP contribution < -0.4 is 0 Å². The Hall–Kier alpha value is -2.57. The molecule has 0 unspecified atom stereocenters. The van der Waals surface area contributed by atoms with Crippen molar-refractivity contribution in [1.29, 1.82) is 0 Å². The van der Waals surface area contributed by atoms with E-state index in [0.29, 0.717) is 13.1 Å². The predicted molar refractivity (Wildman–Crippen MR) is 99.8 cm³/mol. The van der Waals surface area contributed by atoms with Crippen molar-refractivity contribution < 1.29 is 23.9 Å². The first-order chi connectivity index (χ1) is 12.6. The van der Waals surface area contributed by atoms with Crippen LogP contribution in [0.25, 0.3) is 0 Å². The van der Waals surface area contributed by atoms with E-state index in [0.717, 1.165) is 5.56 Å². The van der Waals surface area contributed by atoms with Gasteiger partial charge in [-0.2, -0.15) is 0 Å². The van der Waals surface area contributed by atoms with Gasteiger partial charge in [-0.1, -0.05) is 30.3 Å². The number of benzene rings is 1. The molecule has 1 fully saturated rings. The standard InChI is InChI=1S/C20H28N2O5/c1-6-26-18(24)16-17(23)21(13-15-10-8-7-9-11-15)12-14(2)22(16)19(25)27-20(3,4)5/h7-11,14,16H,6,12-13H2,1-5H3/t14-,16-/m0/s1. The molecule has 1 heterocycles. The molecule has 0 aromatic heterocycles. The highest BCUT2D eigenvalue weighted by Gasteiger charge is 2.47. The summed E-state index contributed by atoms with van der Waals surface area (Å²) in [4.78, 5) is 41.0. The van der Waals surface area contributed by atoms with E-state index in [1.165, 1.54) is 4.90 Å². The maximum Gasteiger partial charge on any atom is 0.411 e. The first-order valence-corrected chi connectivity index (χ1v) is 9.14. The summed E-state index contributed by atoms with van der Waals surface area (Å²) in [6.45, 7) is 9.46. The van der Waals surface area contributed by atoms with Gasteiger partial charge in [0.05, 0.1) is 12.6 Å². The number of hydrogen-bond donors (Lipinski definition) is 0. The highest BCUT2D eigenvalue weighted by Crippen LogP contribution is 2.23. The number of rotatable bonds is 4. The summed E-state index contributed by atoms with van der Waals surface area (Å²) in [5.41, 5.74) is 0.214. The zero-order valence-corrected chi connectivity index (χ0v) is 16.6. The molecule has 0 aliphatic carbocycles. The molecule has 1 aromatic rings. The monoisotopic (exact) mass is 376 g/mol. The Morgan fingerprint density at radius 1 is 1.19 bits per heavy atom. The van der Waals surface area contributed by atoms with Gasteiger partial charge in [-0.05, 0) is 40.2 Å². The summed E-state index contributed by atoms with van der Waals surface area (Å²) >= 11 is 0. The molecule has 0 saturated carbocycles. The third-order valence-corrected chi connectivity index (χ3v) is 4.11. The van der Waals surface area contributed by atoms with Gasteiger partial charge in [0, 0.05) is 13.1 Å². The second-order valence-corrected chi connectivity index (χ2v) is 7.60. The van der Waals surface area contributed by atoms with Gasteiger partial charge in [0.15, 0.2) is 0 Å². The summed E-state index contributed by atoms with van der Waals surface area (Å²) in [5.74, 6) is -1.20. The second kappa shape index (κ2) is 8.41. The Balaban J connectivity index is 2.29. The van der Waals surface area contributed by atoms with Crippen molar-refractivity contribution in [3.05, 3.63) is 35.9 Å². The van der Waals surface area contributed by atoms with Gasteiger partial charge < -0.3 is 14.4 Å². The Bertz CT molecular complexity index is 683. The maximum atomic E-state index is 13.0. The molecule has 2 rings (SSSR count).